The van der Waals surface area contributed by atoms with E-state index in [4.69, 9.17) is 0 Å². The molecule has 25 heavy (non-hydrogen) atoms. The number of amides is 1. The number of pyridine rings is 1. The maximum absolute atomic E-state index is 12.7. The van der Waals surface area contributed by atoms with E-state index in [-0.39, 0.29) is 18.0 Å². The lowest BCUT2D eigenvalue weighted by molar-refractivity contribution is 0.0783. The maximum atomic E-state index is 12.7. The van der Waals surface area contributed by atoms with Crippen LogP contribution < -0.4 is 5.56 Å². The summed E-state index contributed by atoms with van der Waals surface area (Å²) in [5.41, 5.74) is 1.64. The average molecular weight is 333 g/mol. The summed E-state index contributed by atoms with van der Waals surface area (Å²) in [4.78, 5) is 33.5. The van der Waals surface area contributed by atoms with Crippen molar-refractivity contribution in [3.63, 3.8) is 0 Å². The van der Waals surface area contributed by atoms with Crippen LogP contribution in [-0.4, -0.2) is 37.4 Å². The Morgan fingerprint density at radius 3 is 2.88 bits per heavy atom. The lowest BCUT2D eigenvalue weighted by Gasteiger charge is -2.16. The minimum atomic E-state index is -0.211. The third-order valence-corrected chi connectivity index (χ3v) is 4.05. The number of para-hydroxylation sites is 1. The monoisotopic (exact) mass is 333 g/mol. The van der Waals surface area contributed by atoms with Gasteiger partial charge in [0.15, 0.2) is 0 Å². The summed E-state index contributed by atoms with van der Waals surface area (Å²) in [7, 11) is 1.67. The van der Waals surface area contributed by atoms with E-state index >= 15 is 0 Å². The molecule has 0 saturated heterocycles. The number of aromatic amines is 1. The molecule has 4 rings (SSSR count). The number of hydrogen-bond donors (Lipinski definition) is 1. The first-order chi connectivity index (χ1) is 12.1. The van der Waals surface area contributed by atoms with Crippen LogP contribution in [0.3, 0.4) is 0 Å². The molecule has 0 aliphatic heterocycles. The highest BCUT2D eigenvalue weighted by Crippen LogP contribution is 2.13. The summed E-state index contributed by atoms with van der Waals surface area (Å²) >= 11 is 0. The third-order valence-electron chi connectivity index (χ3n) is 4.05. The molecule has 0 atom stereocenters. The Bertz CT molecular complexity index is 1140. The van der Waals surface area contributed by atoms with Crippen LogP contribution in [0.15, 0.2) is 59.7 Å². The summed E-state index contributed by atoms with van der Waals surface area (Å²) < 4.78 is 1.65. The van der Waals surface area contributed by atoms with E-state index in [0.29, 0.717) is 22.3 Å². The summed E-state index contributed by atoms with van der Waals surface area (Å²) in [5, 5.41) is 4.71. The Kier molecular flexibility index (Phi) is 3.53. The molecule has 0 bridgehead atoms. The van der Waals surface area contributed by atoms with E-state index < -0.39 is 0 Å². The van der Waals surface area contributed by atoms with E-state index in [2.05, 4.69) is 15.1 Å². The van der Waals surface area contributed by atoms with Gasteiger partial charge in [0.25, 0.3) is 11.5 Å². The van der Waals surface area contributed by atoms with E-state index in [1.165, 1.54) is 4.90 Å². The van der Waals surface area contributed by atoms with Crippen LogP contribution in [0, 0.1) is 0 Å². The number of carbonyl (C=O) groups excluding carboxylic acids is 1. The molecule has 4 aromatic rings. The fourth-order valence-corrected chi connectivity index (χ4v) is 2.81. The van der Waals surface area contributed by atoms with E-state index in [1.54, 1.807) is 42.2 Å². The van der Waals surface area contributed by atoms with Gasteiger partial charge in [-0.05, 0) is 24.3 Å². The van der Waals surface area contributed by atoms with Crippen LogP contribution in [0.1, 0.15) is 16.2 Å². The zero-order valence-electron chi connectivity index (χ0n) is 13.5. The lowest BCUT2D eigenvalue weighted by atomic mass is 10.2. The lowest BCUT2D eigenvalue weighted by Crippen LogP contribution is -2.28. The molecular weight excluding hydrogens is 318 g/mol. The van der Waals surface area contributed by atoms with Gasteiger partial charge in [-0.3, -0.25) is 9.59 Å². The molecule has 0 fully saturated rings. The molecule has 1 amide bonds. The van der Waals surface area contributed by atoms with Crippen molar-refractivity contribution in [1.82, 2.24) is 24.5 Å². The third kappa shape index (κ3) is 2.65. The summed E-state index contributed by atoms with van der Waals surface area (Å²) in [6.07, 6.45) is 3.33. The molecule has 3 heterocycles. The quantitative estimate of drug-likeness (QED) is 0.620. The van der Waals surface area contributed by atoms with E-state index in [9.17, 15) is 9.59 Å². The second kappa shape index (κ2) is 5.86. The molecule has 3 aromatic heterocycles. The van der Waals surface area contributed by atoms with Crippen molar-refractivity contribution < 1.29 is 4.79 Å². The number of hydrogen-bond acceptors (Lipinski definition) is 4. The predicted octanol–water partition coefficient (Wildman–Crippen LogP) is 1.84. The largest absolute Gasteiger partial charge is 0.334 e. The van der Waals surface area contributed by atoms with Gasteiger partial charge in [-0.1, -0.05) is 18.2 Å². The highest BCUT2D eigenvalue weighted by atomic mass is 16.2. The Labute approximate surface area is 142 Å². The summed E-state index contributed by atoms with van der Waals surface area (Å²) in [5.74, 6) is 0.257. The fourth-order valence-electron chi connectivity index (χ4n) is 2.81. The topological polar surface area (TPSA) is 83.4 Å². The van der Waals surface area contributed by atoms with Crippen molar-refractivity contribution in [2.75, 3.05) is 7.05 Å². The molecule has 1 N–H and O–H groups in total. The molecule has 7 heteroatoms. The summed E-state index contributed by atoms with van der Waals surface area (Å²) in [6.45, 7) is 0.198. The van der Waals surface area contributed by atoms with Crippen LogP contribution in [-0.2, 0) is 6.54 Å². The standard InChI is InChI=1S/C18H15N5O2/c1-22(18(25)13-10-19-23-9-5-4-8-15(13)23)11-16-20-14-7-3-2-6-12(14)17(24)21-16/h2-10H,11H2,1H3,(H,20,21,24). The van der Waals surface area contributed by atoms with Crippen LogP contribution in [0.5, 0.6) is 0 Å². The highest BCUT2D eigenvalue weighted by molar-refractivity contribution is 6.00. The first-order valence-electron chi connectivity index (χ1n) is 7.79. The van der Waals surface area contributed by atoms with Crippen molar-refractivity contribution in [2.24, 2.45) is 0 Å². The van der Waals surface area contributed by atoms with Crippen molar-refractivity contribution in [3.05, 3.63) is 76.6 Å². The van der Waals surface area contributed by atoms with Gasteiger partial charge in [0.2, 0.25) is 0 Å². The maximum Gasteiger partial charge on any atom is 0.258 e. The molecule has 0 unspecified atom stereocenters. The van der Waals surface area contributed by atoms with Crippen LogP contribution in [0.4, 0.5) is 0 Å². The molecule has 0 saturated carbocycles. The fraction of sp³-hybridized carbons (Fsp3) is 0.111. The van der Waals surface area contributed by atoms with Crippen LogP contribution in [0.2, 0.25) is 0 Å². The van der Waals surface area contributed by atoms with Gasteiger partial charge in [0.05, 0.1) is 34.7 Å². The van der Waals surface area contributed by atoms with Gasteiger partial charge in [-0.15, -0.1) is 0 Å². The minimum absolute atomic E-state index is 0.183. The Morgan fingerprint density at radius 1 is 1.20 bits per heavy atom. The number of H-pyrrole nitrogens is 1. The number of rotatable bonds is 3. The number of nitrogens with one attached hydrogen (secondary N) is 1. The number of benzene rings is 1. The number of carbonyl (C=O) groups is 1. The van der Waals surface area contributed by atoms with Gasteiger partial charge < -0.3 is 9.88 Å². The van der Waals surface area contributed by atoms with Crippen molar-refractivity contribution in [2.45, 2.75) is 6.54 Å². The zero-order valence-corrected chi connectivity index (χ0v) is 13.5. The van der Waals surface area contributed by atoms with Crippen LogP contribution >= 0.6 is 0 Å². The van der Waals surface area contributed by atoms with E-state index in [1.807, 2.05) is 24.3 Å². The molecule has 0 radical (unpaired) electrons. The van der Waals surface area contributed by atoms with Gasteiger partial charge in [-0.2, -0.15) is 5.10 Å². The summed E-state index contributed by atoms with van der Waals surface area (Å²) in [6, 6.07) is 12.7. The second-order valence-corrected chi connectivity index (χ2v) is 5.78. The molecular formula is C18H15N5O2. The van der Waals surface area contributed by atoms with Crippen molar-refractivity contribution in [3.8, 4) is 0 Å². The SMILES string of the molecule is CN(Cc1nc2ccccc2c(=O)[nH]1)C(=O)c1cnn2ccccc12. The number of aromatic nitrogens is 4. The Balaban J connectivity index is 1.64. The smallest absolute Gasteiger partial charge is 0.258 e. The first kappa shape index (κ1) is 15.1. The molecule has 7 nitrogen and oxygen atoms in total. The molecule has 0 aliphatic rings. The number of fused-ring (bicyclic) bond motifs is 2. The van der Waals surface area contributed by atoms with E-state index in [0.717, 1.165) is 5.52 Å². The Morgan fingerprint density at radius 2 is 2.00 bits per heavy atom. The highest BCUT2D eigenvalue weighted by Gasteiger charge is 2.18. The zero-order chi connectivity index (χ0) is 17.4. The average Bonchev–Trinajstić information content (AvgIpc) is 3.05. The minimum Gasteiger partial charge on any atom is -0.334 e. The second-order valence-electron chi connectivity index (χ2n) is 5.78. The molecule has 1 aromatic carbocycles. The van der Waals surface area contributed by atoms with Gasteiger partial charge in [0.1, 0.15) is 5.82 Å². The normalized spacial score (nSPS) is 11.1. The predicted molar refractivity (Wildman–Crippen MR) is 93.4 cm³/mol. The number of nitrogens with zero attached hydrogens (tertiary/aromatic N) is 4. The van der Waals surface area contributed by atoms with Crippen LogP contribution in [0.25, 0.3) is 16.4 Å². The molecule has 124 valence electrons. The van der Waals surface area contributed by atoms with Gasteiger partial charge in [0, 0.05) is 13.2 Å². The van der Waals surface area contributed by atoms with Crippen molar-refractivity contribution >= 4 is 22.3 Å². The molecule has 0 aliphatic carbocycles. The van der Waals surface area contributed by atoms with Crippen molar-refractivity contribution in [1.29, 1.82) is 0 Å². The van der Waals surface area contributed by atoms with Gasteiger partial charge in [-0.25, -0.2) is 9.50 Å². The van der Waals surface area contributed by atoms with Gasteiger partial charge >= 0.3 is 0 Å². The molecule has 0 spiro atoms. The first-order valence-corrected chi connectivity index (χ1v) is 7.79. The Hall–Kier alpha value is -3.48.